The van der Waals surface area contributed by atoms with E-state index in [9.17, 15) is 9.59 Å². The predicted octanol–water partition coefficient (Wildman–Crippen LogP) is 0.254. The fourth-order valence-electron chi connectivity index (χ4n) is 2.11. The number of rotatable bonds is 5. The molecule has 1 fully saturated rings. The number of likely N-dealkylation sites (N-methyl/N-ethyl adjacent to an activating group) is 1. The third-order valence-corrected chi connectivity index (χ3v) is 3.49. The molecule has 122 valence electrons. The van der Waals surface area contributed by atoms with Crippen LogP contribution in [0.25, 0.3) is 0 Å². The first-order valence-corrected chi connectivity index (χ1v) is 7.32. The Kier molecular flexibility index (Phi) is 5.94. The molecule has 7 heteroatoms. The van der Waals surface area contributed by atoms with Crippen molar-refractivity contribution in [1.29, 1.82) is 5.26 Å². The minimum absolute atomic E-state index is 0.0143. The number of hydrogen-bond acceptors (Lipinski definition) is 5. The highest BCUT2D eigenvalue weighted by atomic mass is 16.5. The average Bonchev–Trinajstić information content (AvgIpc) is 2.60. The van der Waals surface area contributed by atoms with Gasteiger partial charge in [-0.15, -0.1) is 0 Å². The van der Waals surface area contributed by atoms with Crippen molar-refractivity contribution in [2.24, 2.45) is 0 Å². The van der Waals surface area contributed by atoms with Crippen molar-refractivity contribution in [3.05, 3.63) is 29.8 Å². The summed E-state index contributed by atoms with van der Waals surface area (Å²) in [4.78, 5) is 27.1. The molecular weight excluding hydrogens is 298 g/mol. The van der Waals surface area contributed by atoms with Gasteiger partial charge in [-0.25, -0.2) is 0 Å². The Bertz CT molecular complexity index is 606. The van der Waals surface area contributed by atoms with E-state index >= 15 is 0 Å². The molecule has 1 aromatic rings. The van der Waals surface area contributed by atoms with Crippen molar-refractivity contribution in [1.82, 2.24) is 9.80 Å². The first-order chi connectivity index (χ1) is 11.1. The maximum atomic E-state index is 12.1. The summed E-state index contributed by atoms with van der Waals surface area (Å²) >= 11 is 0. The lowest BCUT2D eigenvalue weighted by Gasteiger charge is -2.28. The zero-order valence-electron chi connectivity index (χ0n) is 13.0. The Morgan fingerprint density at radius 1 is 1.39 bits per heavy atom. The molecule has 0 N–H and O–H groups in total. The molecule has 0 aromatic heterocycles. The van der Waals surface area contributed by atoms with E-state index in [2.05, 4.69) is 0 Å². The van der Waals surface area contributed by atoms with E-state index in [1.54, 1.807) is 36.2 Å². The molecule has 0 radical (unpaired) electrons. The fourth-order valence-corrected chi connectivity index (χ4v) is 2.11. The van der Waals surface area contributed by atoms with Gasteiger partial charge in [-0.2, -0.15) is 5.26 Å². The highest BCUT2D eigenvalue weighted by Gasteiger charge is 2.20. The second-order valence-corrected chi connectivity index (χ2v) is 5.17. The fraction of sp³-hybridized carbons (Fsp3) is 0.438. The van der Waals surface area contributed by atoms with Gasteiger partial charge in [0.25, 0.3) is 5.91 Å². The van der Waals surface area contributed by atoms with Gasteiger partial charge in [-0.3, -0.25) is 9.59 Å². The van der Waals surface area contributed by atoms with Gasteiger partial charge in [-0.05, 0) is 18.2 Å². The molecule has 1 aliphatic rings. The topological polar surface area (TPSA) is 82.9 Å². The largest absolute Gasteiger partial charge is 0.484 e. The number of nitrogens with zero attached hydrogens (tertiary/aromatic N) is 3. The Labute approximate surface area is 135 Å². The summed E-state index contributed by atoms with van der Waals surface area (Å²) in [6.07, 6.45) is 0. The molecule has 0 unspecified atom stereocenters. The van der Waals surface area contributed by atoms with Crippen LogP contribution in [0.15, 0.2) is 24.3 Å². The number of carbonyl (C=O) groups is 2. The molecule has 2 rings (SSSR count). The summed E-state index contributed by atoms with van der Waals surface area (Å²) in [7, 11) is 1.57. The number of nitriles is 1. The summed E-state index contributed by atoms with van der Waals surface area (Å²) in [6, 6.07) is 8.58. The summed E-state index contributed by atoms with van der Waals surface area (Å²) in [5.41, 5.74) is 0.464. The molecular formula is C16H19N3O4. The molecule has 23 heavy (non-hydrogen) atoms. The first kappa shape index (κ1) is 16.8. The summed E-state index contributed by atoms with van der Waals surface area (Å²) in [6.45, 7) is 2.00. The number of benzene rings is 1. The third kappa shape index (κ3) is 4.97. The van der Waals surface area contributed by atoms with Gasteiger partial charge >= 0.3 is 0 Å². The molecule has 0 bridgehead atoms. The van der Waals surface area contributed by atoms with Crippen LogP contribution in [0.5, 0.6) is 5.75 Å². The second kappa shape index (κ2) is 8.15. The minimum atomic E-state index is -0.297. The second-order valence-electron chi connectivity index (χ2n) is 5.17. The molecule has 2 amide bonds. The molecule has 1 aromatic carbocycles. The molecule has 1 aliphatic heterocycles. The maximum absolute atomic E-state index is 12.1. The lowest BCUT2D eigenvalue weighted by Crippen LogP contribution is -2.46. The smallest absolute Gasteiger partial charge is 0.260 e. The molecule has 0 aliphatic carbocycles. The lowest BCUT2D eigenvalue weighted by atomic mass is 10.2. The van der Waals surface area contributed by atoms with Crippen LogP contribution in [0, 0.1) is 11.3 Å². The highest BCUT2D eigenvalue weighted by molar-refractivity contribution is 5.85. The Balaban J connectivity index is 1.80. The summed E-state index contributed by atoms with van der Waals surface area (Å²) < 4.78 is 10.6. The van der Waals surface area contributed by atoms with E-state index in [-0.39, 0.29) is 25.0 Å². The van der Waals surface area contributed by atoms with Crippen molar-refractivity contribution in [2.45, 2.75) is 0 Å². The Morgan fingerprint density at radius 2 is 2.13 bits per heavy atom. The quantitative estimate of drug-likeness (QED) is 0.777. The number of hydrogen-bond donors (Lipinski definition) is 0. The van der Waals surface area contributed by atoms with Gasteiger partial charge in [-0.1, -0.05) is 6.07 Å². The number of morpholine rings is 1. The Hall–Kier alpha value is -2.59. The van der Waals surface area contributed by atoms with Gasteiger partial charge in [0.15, 0.2) is 6.61 Å². The van der Waals surface area contributed by atoms with Crippen molar-refractivity contribution in [3.8, 4) is 11.8 Å². The van der Waals surface area contributed by atoms with Crippen molar-refractivity contribution in [2.75, 3.05) is 46.5 Å². The SMILES string of the molecule is CN(CC(=O)N1CCOCC1)C(=O)COc1cccc(C#N)c1. The van der Waals surface area contributed by atoms with Gasteiger partial charge in [0.2, 0.25) is 5.91 Å². The van der Waals surface area contributed by atoms with E-state index in [0.29, 0.717) is 37.6 Å². The molecule has 1 heterocycles. The predicted molar refractivity (Wildman–Crippen MR) is 81.7 cm³/mol. The van der Waals surface area contributed by atoms with Gasteiger partial charge in [0.05, 0.1) is 31.4 Å². The monoisotopic (exact) mass is 317 g/mol. The third-order valence-electron chi connectivity index (χ3n) is 3.49. The number of ether oxygens (including phenoxy) is 2. The minimum Gasteiger partial charge on any atom is -0.484 e. The van der Waals surface area contributed by atoms with Crippen molar-refractivity contribution >= 4 is 11.8 Å². The summed E-state index contributed by atoms with van der Waals surface area (Å²) in [5, 5.41) is 8.82. The van der Waals surface area contributed by atoms with Crippen LogP contribution >= 0.6 is 0 Å². The maximum Gasteiger partial charge on any atom is 0.260 e. The Morgan fingerprint density at radius 3 is 2.83 bits per heavy atom. The zero-order chi connectivity index (χ0) is 16.7. The van der Waals surface area contributed by atoms with E-state index < -0.39 is 0 Å². The van der Waals surface area contributed by atoms with E-state index in [1.165, 1.54) is 4.90 Å². The van der Waals surface area contributed by atoms with Crippen LogP contribution in [0.4, 0.5) is 0 Å². The van der Waals surface area contributed by atoms with Crippen LogP contribution in [-0.2, 0) is 14.3 Å². The van der Waals surface area contributed by atoms with Gasteiger partial charge < -0.3 is 19.3 Å². The lowest BCUT2D eigenvalue weighted by molar-refractivity contribution is -0.142. The average molecular weight is 317 g/mol. The zero-order valence-corrected chi connectivity index (χ0v) is 13.0. The molecule has 0 spiro atoms. The van der Waals surface area contributed by atoms with E-state index in [1.807, 2.05) is 6.07 Å². The highest BCUT2D eigenvalue weighted by Crippen LogP contribution is 2.12. The van der Waals surface area contributed by atoms with Gasteiger partial charge in [0.1, 0.15) is 5.75 Å². The molecule has 0 saturated carbocycles. The number of carbonyl (C=O) groups excluding carboxylic acids is 2. The van der Waals surface area contributed by atoms with Crippen molar-refractivity contribution < 1.29 is 19.1 Å². The summed E-state index contributed by atoms with van der Waals surface area (Å²) in [5.74, 6) is 0.0508. The van der Waals surface area contributed by atoms with E-state index in [4.69, 9.17) is 14.7 Å². The van der Waals surface area contributed by atoms with Crippen molar-refractivity contribution in [3.63, 3.8) is 0 Å². The standard InChI is InChI=1S/C16H19N3O4/c1-18(11-15(20)19-5-7-22-8-6-19)16(21)12-23-14-4-2-3-13(9-14)10-17/h2-4,9H,5-8,11-12H2,1H3. The van der Waals surface area contributed by atoms with Crippen LogP contribution in [0.3, 0.4) is 0 Å². The molecule has 1 saturated heterocycles. The first-order valence-electron chi connectivity index (χ1n) is 7.32. The van der Waals surface area contributed by atoms with Crippen LogP contribution < -0.4 is 4.74 Å². The number of amides is 2. The van der Waals surface area contributed by atoms with Crippen LogP contribution in [0.1, 0.15) is 5.56 Å². The van der Waals surface area contributed by atoms with Crippen LogP contribution in [-0.4, -0.2) is 68.1 Å². The normalized spacial score (nSPS) is 14.0. The van der Waals surface area contributed by atoms with Crippen LogP contribution in [0.2, 0.25) is 0 Å². The molecule has 7 nitrogen and oxygen atoms in total. The van der Waals surface area contributed by atoms with Gasteiger partial charge in [0, 0.05) is 20.1 Å². The molecule has 0 atom stereocenters. The van der Waals surface area contributed by atoms with E-state index in [0.717, 1.165) is 0 Å².